The molecule has 0 saturated carbocycles. The van der Waals surface area contributed by atoms with Crippen LogP contribution in [0.4, 0.5) is 24.5 Å². The summed E-state index contributed by atoms with van der Waals surface area (Å²) in [6.07, 6.45) is -3.44. The highest BCUT2D eigenvalue weighted by Gasteiger charge is 2.27. The summed E-state index contributed by atoms with van der Waals surface area (Å²) < 4.78 is 45.5. The van der Waals surface area contributed by atoms with Gasteiger partial charge in [0.25, 0.3) is 0 Å². The van der Waals surface area contributed by atoms with E-state index in [0.29, 0.717) is 23.7 Å². The summed E-state index contributed by atoms with van der Waals surface area (Å²) in [5.74, 6) is 0.563. The molecule has 0 spiro atoms. The van der Waals surface area contributed by atoms with Gasteiger partial charge in [-0.25, -0.2) is 0 Å². The van der Waals surface area contributed by atoms with Crippen LogP contribution in [0, 0.1) is 0 Å². The third kappa shape index (κ3) is 6.01. The van der Waals surface area contributed by atoms with Crippen LogP contribution >= 0.6 is 0 Å². The summed E-state index contributed by atoms with van der Waals surface area (Å²) >= 11 is 0. The minimum absolute atomic E-state index is 0.0566. The second-order valence-corrected chi connectivity index (χ2v) is 4.16. The van der Waals surface area contributed by atoms with Gasteiger partial charge in [-0.3, -0.25) is 0 Å². The number of halogens is 3. The lowest BCUT2D eigenvalue weighted by atomic mass is 10.2. The molecule has 0 heterocycles. The molecule has 114 valence electrons. The Morgan fingerprint density at radius 1 is 1.25 bits per heavy atom. The molecule has 0 saturated heterocycles. The first kappa shape index (κ1) is 16.4. The predicted molar refractivity (Wildman–Crippen MR) is 72.0 cm³/mol. The molecular formula is C13H19F3N2O2. The number of benzene rings is 1. The third-order valence-electron chi connectivity index (χ3n) is 2.36. The van der Waals surface area contributed by atoms with Crippen molar-refractivity contribution in [2.45, 2.75) is 19.5 Å². The highest BCUT2D eigenvalue weighted by Crippen LogP contribution is 2.29. The van der Waals surface area contributed by atoms with Crippen LogP contribution < -0.4 is 15.8 Å². The number of hydrogen-bond donors (Lipinski definition) is 2. The Morgan fingerprint density at radius 3 is 2.65 bits per heavy atom. The number of rotatable bonds is 8. The van der Waals surface area contributed by atoms with E-state index >= 15 is 0 Å². The molecule has 0 aliphatic carbocycles. The number of nitrogens with one attached hydrogen (secondary N) is 1. The van der Waals surface area contributed by atoms with Gasteiger partial charge in [-0.1, -0.05) is 13.0 Å². The highest BCUT2D eigenvalue weighted by molar-refractivity contribution is 5.72. The number of hydrogen-bond acceptors (Lipinski definition) is 4. The molecular weight excluding hydrogens is 273 g/mol. The van der Waals surface area contributed by atoms with Crippen LogP contribution in [0.2, 0.25) is 0 Å². The van der Waals surface area contributed by atoms with Crippen LogP contribution in [-0.2, 0) is 4.74 Å². The molecule has 0 atom stereocenters. The minimum atomic E-state index is -4.30. The third-order valence-corrected chi connectivity index (χ3v) is 2.36. The van der Waals surface area contributed by atoms with Crippen molar-refractivity contribution in [2.24, 2.45) is 0 Å². The van der Waals surface area contributed by atoms with Crippen LogP contribution in [0.25, 0.3) is 0 Å². The van der Waals surface area contributed by atoms with E-state index in [9.17, 15) is 13.2 Å². The molecule has 0 unspecified atom stereocenters. The van der Waals surface area contributed by atoms with Gasteiger partial charge in [0.1, 0.15) is 12.4 Å². The minimum Gasteiger partial charge on any atom is -0.491 e. The molecule has 0 bridgehead atoms. The molecule has 0 aromatic heterocycles. The molecule has 7 heteroatoms. The Hall–Kier alpha value is -1.63. The van der Waals surface area contributed by atoms with E-state index in [2.05, 4.69) is 10.1 Å². The average molecular weight is 292 g/mol. The Balaban J connectivity index is 2.40. The van der Waals surface area contributed by atoms with Crippen molar-refractivity contribution in [3.63, 3.8) is 0 Å². The molecule has 1 rings (SSSR count). The van der Waals surface area contributed by atoms with Gasteiger partial charge in [0, 0.05) is 6.54 Å². The van der Waals surface area contributed by atoms with Crippen molar-refractivity contribution in [1.29, 1.82) is 0 Å². The number of anilines is 2. The van der Waals surface area contributed by atoms with Gasteiger partial charge in [-0.15, -0.1) is 0 Å². The van der Waals surface area contributed by atoms with Gasteiger partial charge in [0.2, 0.25) is 0 Å². The van der Waals surface area contributed by atoms with Crippen molar-refractivity contribution in [3.8, 4) is 5.75 Å². The summed E-state index contributed by atoms with van der Waals surface area (Å²) in [6.45, 7) is 1.47. The predicted octanol–water partition coefficient (Wildman–Crippen LogP) is 3.05. The van der Waals surface area contributed by atoms with E-state index in [1.54, 1.807) is 18.2 Å². The summed E-state index contributed by atoms with van der Waals surface area (Å²) in [4.78, 5) is 0. The first-order valence-corrected chi connectivity index (χ1v) is 6.33. The molecule has 0 aliphatic heterocycles. The molecule has 3 N–H and O–H groups in total. The quantitative estimate of drug-likeness (QED) is 0.571. The summed E-state index contributed by atoms with van der Waals surface area (Å²) in [5.41, 5.74) is 6.96. The molecule has 4 nitrogen and oxygen atoms in total. The lowest BCUT2D eigenvalue weighted by molar-refractivity contribution is -0.172. The molecule has 20 heavy (non-hydrogen) atoms. The fourth-order valence-electron chi connectivity index (χ4n) is 1.48. The smallest absolute Gasteiger partial charge is 0.411 e. The zero-order valence-corrected chi connectivity index (χ0v) is 11.3. The zero-order valence-electron chi connectivity index (χ0n) is 11.3. The van der Waals surface area contributed by atoms with Gasteiger partial charge < -0.3 is 20.5 Å². The van der Waals surface area contributed by atoms with E-state index in [0.717, 1.165) is 6.42 Å². The molecule has 0 fully saturated rings. The highest BCUT2D eigenvalue weighted by atomic mass is 19.4. The standard InChI is InChI=1S/C13H19F3N2O2/c1-2-7-20-11-5-3-4-10(12(11)17)18-6-8-19-9-13(14,15)16/h3-5,18H,2,6-9,17H2,1H3. The van der Waals surface area contributed by atoms with Gasteiger partial charge in [-0.05, 0) is 18.6 Å². The largest absolute Gasteiger partial charge is 0.491 e. The van der Waals surface area contributed by atoms with Crippen molar-refractivity contribution in [2.75, 3.05) is 37.4 Å². The van der Waals surface area contributed by atoms with E-state index in [1.165, 1.54) is 0 Å². The van der Waals surface area contributed by atoms with E-state index in [4.69, 9.17) is 10.5 Å². The maximum Gasteiger partial charge on any atom is 0.411 e. The first-order valence-electron chi connectivity index (χ1n) is 6.33. The summed E-state index contributed by atoms with van der Waals surface area (Å²) in [7, 11) is 0. The molecule has 0 radical (unpaired) electrons. The number of nitrogens with two attached hydrogens (primary N) is 1. The fraction of sp³-hybridized carbons (Fsp3) is 0.538. The Kier molecular flexibility index (Phi) is 6.44. The number of nitrogen functional groups attached to an aromatic ring is 1. The maximum atomic E-state index is 11.9. The van der Waals surface area contributed by atoms with Gasteiger partial charge >= 0.3 is 6.18 Å². The second-order valence-electron chi connectivity index (χ2n) is 4.16. The topological polar surface area (TPSA) is 56.5 Å². The average Bonchev–Trinajstić information content (AvgIpc) is 2.37. The second kappa shape index (κ2) is 7.84. The van der Waals surface area contributed by atoms with Crippen molar-refractivity contribution >= 4 is 11.4 Å². The lowest BCUT2D eigenvalue weighted by Gasteiger charge is -2.14. The van der Waals surface area contributed by atoms with Crippen LogP contribution in [-0.4, -0.2) is 32.5 Å². The first-order chi connectivity index (χ1) is 9.44. The zero-order chi connectivity index (χ0) is 15.0. The van der Waals surface area contributed by atoms with Crippen LogP contribution in [0.15, 0.2) is 18.2 Å². The van der Waals surface area contributed by atoms with Gasteiger partial charge in [-0.2, -0.15) is 13.2 Å². The van der Waals surface area contributed by atoms with Crippen LogP contribution in [0.3, 0.4) is 0 Å². The van der Waals surface area contributed by atoms with Gasteiger partial charge in [0.15, 0.2) is 0 Å². The molecule has 1 aromatic rings. The van der Waals surface area contributed by atoms with Crippen LogP contribution in [0.5, 0.6) is 5.75 Å². The summed E-state index contributed by atoms with van der Waals surface area (Å²) in [6, 6.07) is 5.24. The number of ether oxygens (including phenoxy) is 2. The van der Waals surface area contributed by atoms with Crippen molar-refractivity contribution in [3.05, 3.63) is 18.2 Å². The normalized spacial score (nSPS) is 11.4. The molecule has 0 aliphatic rings. The lowest BCUT2D eigenvalue weighted by Crippen LogP contribution is -2.20. The van der Waals surface area contributed by atoms with Crippen molar-refractivity contribution in [1.82, 2.24) is 0 Å². The maximum absolute atomic E-state index is 11.9. The SMILES string of the molecule is CCCOc1cccc(NCCOCC(F)(F)F)c1N. The van der Waals surface area contributed by atoms with E-state index in [-0.39, 0.29) is 13.2 Å². The Labute approximate surface area is 116 Å². The van der Waals surface area contributed by atoms with Crippen molar-refractivity contribution < 1.29 is 22.6 Å². The van der Waals surface area contributed by atoms with E-state index < -0.39 is 12.8 Å². The van der Waals surface area contributed by atoms with E-state index in [1.807, 2.05) is 6.92 Å². The number of para-hydroxylation sites is 1. The Morgan fingerprint density at radius 2 is 2.00 bits per heavy atom. The molecule has 1 aromatic carbocycles. The van der Waals surface area contributed by atoms with Gasteiger partial charge in [0.05, 0.1) is 24.6 Å². The monoisotopic (exact) mass is 292 g/mol. The summed E-state index contributed by atoms with van der Waals surface area (Å²) in [5, 5.41) is 2.92. The molecule has 0 amide bonds. The van der Waals surface area contributed by atoms with Crippen LogP contribution in [0.1, 0.15) is 13.3 Å². The fourth-order valence-corrected chi connectivity index (χ4v) is 1.48. The Bertz CT molecular complexity index is 411. The number of alkyl halides is 3.